The second kappa shape index (κ2) is 10.3. The maximum atomic E-state index is 4.89. The molecule has 2 aromatic carbocycles. The Kier molecular flexibility index (Phi) is 7.06. The van der Waals surface area contributed by atoms with Crippen molar-refractivity contribution in [2.75, 3.05) is 0 Å². The van der Waals surface area contributed by atoms with Gasteiger partial charge in [-0.15, -0.1) is 0 Å². The van der Waals surface area contributed by atoms with Crippen molar-refractivity contribution in [1.82, 2.24) is 15.0 Å². The number of unbranched alkanes of at least 4 members (excludes halogenated alkanes) is 3. The number of nitrogens with zero attached hydrogens (tertiary/aromatic N) is 3. The van der Waals surface area contributed by atoms with Crippen molar-refractivity contribution in [3.63, 3.8) is 0 Å². The molecule has 162 valence electrons. The average molecular weight is 422 g/mol. The molecule has 4 rings (SSSR count). The van der Waals surface area contributed by atoms with Crippen LogP contribution in [-0.2, 0) is 6.42 Å². The highest BCUT2D eigenvalue weighted by atomic mass is 14.9. The van der Waals surface area contributed by atoms with Crippen molar-refractivity contribution in [1.29, 1.82) is 0 Å². The van der Waals surface area contributed by atoms with Crippen LogP contribution in [0, 0.1) is 13.8 Å². The van der Waals surface area contributed by atoms with Crippen LogP contribution in [-0.4, -0.2) is 15.0 Å². The summed E-state index contributed by atoms with van der Waals surface area (Å²) in [5, 5.41) is 0. The van der Waals surface area contributed by atoms with Crippen molar-refractivity contribution >= 4 is 0 Å². The molecule has 0 saturated carbocycles. The molecule has 0 aliphatic carbocycles. The van der Waals surface area contributed by atoms with Crippen LogP contribution in [0.15, 0.2) is 72.9 Å². The molecule has 0 radical (unpaired) electrons. The van der Waals surface area contributed by atoms with Gasteiger partial charge < -0.3 is 0 Å². The predicted molar refractivity (Wildman–Crippen MR) is 133 cm³/mol. The summed E-state index contributed by atoms with van der Waals surface area (Å²) < 4.78 is 0. The fourth-order valence-electron chi connectivity index (χ4n) is 3.77. The lowest BCUT2D eigenvalue weighted by molar-refractivity contribution is 0.666. The Morgan fingerprint density at radius 1 is 0.625 bits per heavy atom. The van der Waals surface area contributed by atoms with E-state index in [0.29, 0.717) is 5.82 Å². The van der Waals surface area contributed by atoms with Gasteiger partial charge in [-0.25, -0.2) is 9.97 Å². The normalized spacial score (nSPS) is 11.0. The smallest absolute Gasteiger partial charge is 0.179 e. The number of rotatable bonds is 8. The highest BCUT2D eigenvalue weighted by Crippen LogP contribution is 2.27. The fourth-order valence-corrected chi connectivity index (χ4v) is 3.77. The van der Waals surface area contributed by atoms with Crippen LogP contribution in [0.25, 0.3) is 34.0 Å². The van der Waals surface area contributed by atoms with Gasteiger partial charge in [-0.1, -0.05) is 91.9 Å². The molecular weight excluding hydrogens is 390 g/mol. The molecule has 0 atom stereocenters. The Labute approximate surface area is 191 Å². The van der Waals surface area contributed by atoms with Gasteiger partial charge in [-0.05, 0) is 44.4 Å². The maximum absolute atomic E-state index is 4.89. The largest absolute Gasteiger partial charge is 0.253 e. The Morgan fingerprint density at radius 2 is 1.22 bits per heavy atom. The van der Waals surface area contributed by atoms with Gasteiger partial charge >= 0.3 is 0 Å². The van der Waals surface area contributed by atoms with Crippen LogP contribution in [0.3, 0.4) is 0 Å². The molecule has 0 bridgehead atoms. The van der Waals surface area contributed by atoms with E-state index in [1.807, 2.05) is 6.20 Å². The first-order valence-electron chi connectivity index (χ1n) is 11.6. The van der Waals surface area contributed by atoms with Crippen molar-refractivity contribution in [2.45, 2.75) is 52.9 Å². The molecule has 0 saturated heterocycles. The minimum absolute atomic E-state index is 0.663. The number of aromatic nitrogens is 3. The van der Waals surface area contributed by atoms with E-state index in [1.54, 1.807) is 0 Å². The summed E-state index contributed by atoms with van der Waals surface area (Å²) in [5.74, 6) is 0.663. The molecule has 3 heteroatoms. The zero-order valence-corrected chi connectivity index (χ0v) is 19.3. The molecule has 32 heavy (non-hydrogen) atoms. The van der Waals surface area contributed by atoms with Gasteiger partial charge in [-0.3, -0.25) is 4.98 Å². The molecule has 0 N–H and O–H groups in total. The van der Waals surface area contributed by atoms with Gasteiger partial charge in [0, 0.05) is 17.3 Å². The van der Waals surface area contributed by atoms with E-state index in [-0.39, 0.29) is 0 Å². The van der Waals surface area contributed by atoms with Crippen LogP contribution in [0.4, 0.5) is 0 Å². The molecule has 0 unspecified atom stereocenters. The van der Waals surface area contributed by atoms with E-state index in [4.69, 9.17) is 15.0 Å². The number of aryl methyl sites for hydroxylation is 3. The Hall–Kier alpha value is -3.33. The second-order valence-electron chi connectivity index (χ2n) is 8.56. The van der Waals surface area contributed by atoms with Gasteiger partial charge in [-0.2, -0.15) is 0 Å². The fraction of sp³-hybridized carbons (Fsp3) is 0.276. The first-order chi connectivity index (χ1) is 15.6. The van der Waals surface area contributed by atoms with Crippen molar-refractivity contribution in [3.8, 4) is 34.0 Å². The number of pyridine rings is 1. The van der Waals surface area contributed by atoms with Crippen LogP contribution < -0.4 is 0 Å². The number of hydrogen-bond donors (Lipinski definition) is 0. The Balaban J connectivity index is 1.69. The third-order valence-electron chi connectivity index (χ3n) is 5.79. The van der Waals surface area contributed by atoms with Crippen LogP contribution in [0.5, 0.6) is 0 Å². The summed E-state index contributed by atoms with van der Waals surface area (Å²) in [6.07, 6.45) is 8.11. The summed E-state index contributed by atoms with van der Waals surface area (Å²) in [6, 6.07) is 23.2. The van der Waals surface area contributed by atoms with Gasteiger partial charge in [0.25, 0.3) is 0 Å². The Morgan fingerprint density at radius 3 is 1.72 bits per heavy atom. The molecule has 3 nitrogen and oxygen atoms in total. The highest BCUT2D eigenvalue weighted by molar-refractivity contribution is 5.71. The van der Waals surface area contributed by atoms with Crippen LogP contribution >= 0.6 is 0 Å². The topological polar surface area (TPSA) is 38.7 Å². The number of benzene rings is 2. The standard InChI is InChI=1S/C29H31N3/c1-4-5-6-7-8-23-13-18-26(30-20-23)29-31-27(24-14-9-21(2)10-15-24)19-28(32-29)25-16-11-22(3)12-17-25/h9-20H,4-8H2,1-3H3. The van der Waals surface area contributed by atoms with Gasteiger partial charge in [0.2, 0.25) is 0 Å². The van der Waals surface area contributed by atoms with Gasteiger partial charge in [0.15, 0.2) is 5.82 Å². The van der Waals surface area contributed by atoms with Crippen molar-refractivity contribution in [2.24, 2.45) is 0 Å². The van der Waals surface area contributed by atoms with Crippen LogP contribution in [0.1, 0.15) is 49.3 Å². The molecule has 4 aromatic rings. The number of hydrogen-bond acceptors (Lipinski definition) is 3. The predicted octanol–water partition coefficient (Wildman–Crippen LogP) is 7.61. The van der Waals surface area contributed by atoms with E-state index < -0.39 is 0 Å². The van der Waals surface area contributed by atoms with Crippen LogP contribution in [0.2, 0.25) is 0 Å². The zero-order chi connectivity index (χ0) is 22.3. The van der Waals surface area contributed by atoms with Crippen molar-refractivity contribution < 1.29 is 0 Å². The lowest BCUT2D eigenvalue weighted by Gasteiger charge is -2.10. The minimum Gasteiger partial charge on any atom is -0.253 e. The molecule has 0 aliphatic rings. The highest BCUT2D eigenvalue weighted by Gasteiger charge is 2.11. The summed E-state index contributed by atoms with van der Waals surface area (Å²) in [5.41, 5.74) is 8.55. The third-order valence-corrected chi connectivity index (χ3v) is 5.79. The first-order valence-corrected chi connectivity index (χ1v) is 11.6. The zero-order valence-electron chi connectivity index (χ0n) is 19.3. The van der Waals surface area contributed by atoms with E-state index in [0.717, 1.165) is 34.6 Å². The monoisotopic (exact) mass is 421 g/mol. The molecule has 0 fully saturated rings. The molecule has 0 aliphatic heterocycles. The first kappa shape index (κ1) is 21.9. The summed E-state index contributed by atoms with van der Waals surface area (Å²) in [6.45, 7) is 6.44. The summed E-state index contributed by atoms with van der Waals surface area (Å²) in [7, 11) is 0. The molecule has 2 heterocycles. The van der Waals surface area contributed by atoms with E-state index in [2.05, 4.69) is 87.5 Å². The molecule has 0 spiro atoms. The quantitative estimate of drug-likeness (QED) is 0.275. The molecular formula is C29H31N3. The van der Waals surface area contributed by atoms with Gasteiger partial charge in [0.05, 0.1) is 11.4 Å². The lowest BCUT2D eigenvalue weighted by Crippen LogP contribution is -1.98. The lowest BCUT2D eigenvalue weighted by atomic mass is 10.0. The minimum atomic E-state index is 0.663. The van der Waals surface area contributed by atoms with Gasteiger partial charge in [0.1, 0.15) is 5.69 Å². The van der Waals surface area contributed by atoms with Crippen molar-refractivity contribution in [3.05, 3.63) is 89.6 Å². The second-order valence-corrected chi connectivity index (χ2v) is 8.56. The maximum Gasteiger partial charge on any atom is 0.179 e. The SMILES string of the molecule is CCCCCCc1ccc(-c2nc(-c3ccc(C)cc3)cc(-c3ccc(C)cc3)n2)nc1. The molecule has 2 aromatic heterocycles. The molecule has 0 amide bonds. The summed E-state index contributed by atoms with van der Waals surface area (Å²) >= 11 is 0. The van der Waals surface area contributed by atoms with E-state index >= 15 is 0 Å². The van der Waals surface area contributed by atoms with E-state index in [9.17, 15) is 0 Å². The Bertz CT molecular complexity index is 1080. The third kappa shape index (κ3) is 5.47. The van der Waals surface area contributed by atoms with E-state index in [1.165, 1.54) is 42.4 Å². The average Bonchev–Trinajstić information content (AvgIpc) is 2.83. The summed E-state index contributed by atoms with van der Waals surface area (Å²) in [4.78, 5) is 14.5.